The predicted octanol–water partition coefficient (Wildman–Crippen LogP) is 2.96. The van der Waals surface area contributed by atoms with Gasteiger partial charge in [-0.2, -0.15) is 0 Å². The third-order valence-corrected chi connectivity index (χ3v) is 3.11. The van der Waals surface area contributed by atoms with Crippen LogP contribution < -0.4 is 9.64 Å². The van der Waals surface area contributed by atoms with Crippen LogP contribution in [0.2, 0.25) is 0 Å². The van der Waals surface area contributed by atoms with E-state index in [1.807, 2.05) is 41.3 Å². The zero-order chi connectivity index (χ0) is 13.2. The molecule has 4 nitrogen and oxygen atoms in total. The molecule has 1 aliphatic heterocycles. The van der Waals surface area contributed by atoms with Crippen LogP contribution in [0.4, 0.5) is 11.4 Å². The van der Waals surface area contributed by atoms with Crippen molar-refractivity contribution in [2.45, 2.75) is 0 Å². The highest BCUT2D eigenvalue weighted by Crippen LogP contribution is 2.34. The van der Waals surface area contributed by atoms with Crippen LogP contribution in [0, 0.1) is 0 Å². The molecule has 0 unspecified atom stereocenters. The molecule has 96 valence electrons. The Morgan fingerprint density at radius 3 is 2.68 bits per heavy atom. The first-order chi connectivity index (χ1) is 9.29. The monoisotopic (exact) mass is 255 g/mol. The van der Waals surface area contributed by atoms with Crippen LogP contribution >= 0.6 is 0 Å². The number of anilines is 2. The Morgan fingerprint density at radius 2 is 1.95 bits per heavy atom. The van der Waals surface area contributed by atoms with Crippen molar-refractivity contribution in [1.29, 1.82) is 0 Å². The maximum atomic E-state index is 11.8. The van der Waals surface area contributed by atoms with E-state index in [9.17, 15) is 4.79 Å². The van der Waals surface area contributed by atoms with Crippen molar-refractivity contribution in [1.82, 2.24) is 0 Å². The molecule has 3 rings (SSSR count). The van der Waals surface area contributed by atoms with E-state index < -0.39 is 0 Å². The average molecular weight is 255 g/mol. The summed E-state index contributed by atoms with van der Waals surface area (Å²) >= 11 is 0. The zero-order valence-electron chi connectivity index (χ0n) is 10.5. The number of fused-ring (bicyclic) bond motifs is 1. The molecule has 1 aliphatic rings. The van der Waals surface area contributed by atoms with E-state index in [2.05, 4.69) is 0 Å². The average Bonchev–Trinajstić information content (AvgIpc) is 2.48. The normalized spacial score (nSPS) is 13.7. The summed E-state index contributed by atoms with van der Waals surface area (Å²) in [5.41, 5.74) is 2.34. The van der Waals surface area contributed by atoms with E-state index in [1.165, 1.54) is 0 Å². The lowest BCUT2D eigenvalue weighted by atomic mass is 10.1. The van der Waals surface area contributed by atoms with Crippen molar-refractivity contribution >= 4 is 17.3 Å². The van der Waals surface area contributed by atoms with Gasteiger partial charge < -0.3 is 14.4 Å². The molecule has 19 heavy (non-hydrogen) atoms. The third kappa shape index (κ3) is 2.01. The smallest absolute Gasteiger partial charge is 0.342 e. The van der Waals surface area contributed by atoms with Gasteiger partial charge in [0, 0.05) is 11.8 Å². The number of benzene rings is 2. The largest absolute Gasteiger partial charge is 0.497 e. The second-order valence-corrected chi connectivity index (χ2v) is 4.21. The van der Waals surface area contributed by atoms with Crippen molar-refractivity contribution in [3.05, 3.63) is 54.1 Å². The minimum atomic E-state index is -0.301. The summed E-state index contributed by atoms with van der Waals surface area (Å²) in [4.78, 5) is 13.7. The number of ether oxygens (including phenoxy) is 2. The molecule has 0 radical (unpaired) electrons. The Bertz CT molecular complexity index is 610. The fourth-order valence-electron chi connectivity index (χ4n) is 2.13. The van der Waals surface area contributed by atoms with Crippen molar-refractivity contribution in [2.24, 2.45) is 0 Å². The quantitative estimate of drug-likeness (QED) is 0.773. The lowest BCUT2D eigenvalue weighted by Gasteiger charge is -2.30. The van der Waals surface area contributed by atoms with Gasteiger partial charge in [-0.25, -0.2) is 4.79 Å². The molecule has 0 amide bonds. The lowest BCUT2D eigenvalue weighted by Crippen LogP contribution is -2.30. The number of cyclic esters (lactones) is 1. The highest BCUT2D eigenvalue weighted by molar-refractivity contribution is 5.99. The highest BCUT2D eigenvalue weighted by atomic mass is 16.5. The SMILES string of the molecule is COc1ccc2c(c1)N(c1ccccc1)COC2=O. The van der Waals surface area contributed by atoms with Crippen LogP contribution in [-0.4, -0.2) is 19.8 Å². The molecule has 0 saturated heterocycles. The van der Waals surface area contributed by atoms with Gasteiger partial charge in [0.25, 0.3) is 0 Å². The molecule has 0 bridgehead atoms. The Kier molecular flexibility index (Phi) is 2.83. The molecule has 0 aromatic heterocycles. The van der Waals surface area contributed by atoms with Gasteiger partial charge in [-0.3, -0.25) is 0 Å². The summed E-state index contributed by atoms with van der Waals surface area (Å²) in [5.74, 6) is 0.416. The Morgan fingerprint density at radius 1 is 1.16 bits per heavy atom. The molecule has 4 heteroatoms. The van der Waals surface area contributed by atoms with Crippen molar-refractivity contribution in [2.75, 3.05) is 18.7 Å². The summed E-state index contributed by atoms with van der Waals surface area (Å²) in [5, 5.41) is 0. The van der Waals surface area contributed by atoms with Gasteiger partial charge in [0.2, 0.25) is 0 Å². The van der Waals surface area contributed by atoms with Crippen molar-refractivity contribution in [3.63, 3.8) is 0 Å². The van der Waals surface area contributed by atoms with Crippen LogP contribution in [0.3, 0.4) is 0 Å². The lowest BCUT2D eigenvalue weighted by molar-refractivity contribution is 0.0494. The summed E-state index contributed by atoms with van der Waals surface area (Å²) in [7, 11) is 1.61. The topological polar surface area (TPSA) is 38.8 Å². The maximum Gasteiger partial charge on any atom is 0.342 e. The molecule has 0 spiro atoms. The van der Waals surface area contributed by atoms with Crippen LogP contribution in [-0.2, 0) is 4.74 Å². The van der Waals surface area contributed by atoms with Gasteiger partial charge in [-0.05, 0) is 24.3 Å². The summed E-state index contributed by atoms with van der Waals surface area (Å²) in [6.45, 7) is 0.211. The molecule has 1 heterocycles. The fourth-order valence-corrected chi connectivity index (χ4v) is 2.13. The van der Waals surface area contributed by atoms with Gasteiger partial charge in [-0.15, -0.1) is 0 Å². The number of carbonyl (C=O) groups is 1. The second kappa shape index (κ2) is 4.65. The Balaban J connectivity index is 2.11. The van der Waals surface area contributed by atoms with E-state index in [4.69, 9.17) is 9.47 Å². The number of rotatable bonds is 2. The molecule has 0 aliphatic carbocycles. The maximum absolute atomic E-state index is 11.8. The minimum Gasteiger partial charge on any atom is -0.497 e. The Labute approximate surface area is 111 Å². The summed E-state index contributed by atoms with van der Waals surface area (Å²) < 4.78 is 10.4. The number of para-hydroxylation sites is 1. The van der Waals surface area contributed by atoms with Crippen molar-refractivity contribution in [3.8, 4) is 5.75 Å². The molecule has 0 saturated carbocycles. The highest BCUT2D eigenvalue weighted by Gasteiger charge is 2.25. The fraction of sp³-hybridized carbons (Fsp3) is 0.133. The van der Waals surface area contributed by atoms with Gasteiger partial charge >= 0.3 is 5.97 Å². The number of hydrogen-bond acceptors (Lipinski definition) is 4. The molecule has 0 fully saturated rings. The Hall–Kier alpha value is -2.49. The molecule has 0 atom stereocenters. The molecule has 0 N–H and O–H groups in total. The van der Waals surface area contributed by atoms with Gasteiger partial charge in [0.05, 0.1) is 18.4 Å². The number of carbonyl (C=O) groups excluding carboxylic acids is 1. The molecular weight excluding hydrogens is 242 g/mol. The predicted molar refractivity (Wildman–Crippen MR) is 71.9 cm³/mol. The van der Waals surface area contributed by atoms with Gasteiger partial charge in [0.1, 0.15) is 5.75 Å². The molecule has 2 aromatic carbocycles. The molecule has 2 aromatic rings. The van der Waals surface area contributed by atoms with Crippen molar-refractivity contribution < 1.29 is 14.3 Å². The number of nitrogens with zero attached hydrogens (tertiary/aromatic N) is 1. The number of esters is 1. The zero-order valence-corrected chi connectivity index (χ0v) is 10.5. The van der Waals surface area contributed by atoms with Crippen LogP contribution in [0.1, 0.15) is 10.4 Å². The third-order valence-electron chi connectivity index (χ3n) is 3.11. The minimum absolute atomic E-state index is 0.211. The van der Waals surface area contributed by atoms with Crippen LogP contribution in [0.5, 0.6) is 5.75 Å². The van der Waals surface area contributed by atoms with E-state index in [1.54, 1.807) is 19.2 Å². The second-order valence-electron chi connectivity index (χ2n) is 4.21. The summed E-state index contributed by atoms with van der Waals surface area (Å²) in [6, 6.07) is 15.1. The first-order valence-electron chi connectivity index (χ1n) is 5.97. The summed E-state index contributed by atoms with van der Waals surface area (Å²) in [6.07, 6.45) is 0. The van der Waals surface area contributed by atoms with Gasteiger partial charge in [0.15, 0.2) is 6.73 Å². The van der Waals surface area contributed by atoms with E-state index in [0.29, 0.717) is 5.56 Å². The number of methoxy groups -OCH3 is 1. The van der Waals surface area contributed by atoms with Crippen LogP contribution in [0.25, 0.3) is 0 Å². The first kappa shape index (κ1) is 11.6. The first-order valence-corrected chi connectivity index (χ1v) is 5.97. The van der Waals surface area contributed by atoms with E-state index >= 15 is 0 Å². The number of hydrogen-bond donors (Lipinski definition) is 0. The molecular formula is C15H13NO3. The van der Waals surface area contributed by atoms with Crippen LogP contribution in [0.15, 0.2) is 48.5 Å². The van der Waals surface area contributed by atoms with E-state index in [-0.39, 0.29) is 12.7 Å². The standard InChI is InChI=1S/C15H13NO3/c1-18-12-7-8-13-14(9-12)16(10-19-15(13)17)11-5-3-2-4-6-11/h2-9H,10H2,1H3. The van der Waals surface area contributed by atoms with Gasteiger partial charge in [-0.1, -0.05) is 18.2 Å². The van der Waals surface area contributed by atoms with E-state index in [0.717, 1.165) is 17.1 Å².